The molecule has 0 aromatic heterocycles. The Morgan fingerprint density at radius 1 is 1.38 bits per heavy atom. The number of benzene rings is 1. The summed E-state index contributed by atoms with van der Waals surface area (Å²) in [6.07, 6.45) is 7.93. The highest BCUT2D eigenvalue weighted by molar-refractivity contribution is 5.87. The van der Waals surface area contributed by atoms with Gasteiger partial charge in [-0.15, -0.1) is 0 Å². The molecule has 1 aliphatic rings. The van der Waals surface area contributed by atoms with E-state index in [4.69, 9.17) is 18.9 Å². The van der Waals surface area contributed by atoms with E-state index >= 15 is 0 Å². The summed E-state index contributed by atoms with van der Waals surface area (Å²) in [5, 5.41) is 0. The summed E-state index contributed by atoms with van der Waals surface area (Å²) >= 11 is 0. The lowest BCUT2D eigenvalue weighted by atomic mass is 10.1. The quantitative estimate of drug-likeness (QED) is 0.415. The van der Waals surface area contributed by atoms with Gasteiger partial charge in [0.15, 0.2) is 11.5 Å². The molecule has 1 aromatic carbocycles. The van der Waals surface area contributed by atoms with E-state index < -0.39 is 0 Å². The van der Waals surface area contributed by atoms with Crippen molar-refractivity contribution in [3.05, 3.63) is 42.5 Å². The SMILES string of the molecule is C=CCOc1ccc(C=CC(=O)OCC2CCCCO2)cc1OC. The van der Waals surface area contributed by atoms with E-state index in [2.05, 4.69) is 6.58 Å². The molecule has 1 atom stereocenters. The third-order valence-corrected chi connectivity index (χ3v) is 3.64. The van der Waals surface area contributed by atoms with Gasteiger partial charge >= 0.3 is 5.97 Å². The van der Waals surface area contributed by atoms with Crippen LogP contribution >= 0.6 is 0 Å². The smallest absolute Gasteiger partial charge is 0.330 e. The highest BCUT2D eigenvalue weighted by Crippen LogP contribution is 2.28. The minimum atomic E-state index is -0.380. The molecule has 1 aliphatic heterocycles. The predicted octanol–water partition coefficient (Wildman–Crippen LogP) is 3.39. The highest BCUT2D eigenvalue weighted by Gasteiger charge is 2.15. The van der Waals surface area contributed by atoms with E-state index in [0.717, 1.165) is 31.4 Å². The number of ether oxygens (including phenoxy) is 4. The molecule has 5 nitrogen and oxygen atoms in total. The fourth-order valence-corrected chi connectivity index (χ4v) is 2.38. The maximum atomic E-state index is 11.8. The molecule has 1 aromatic rings. The molecule has 1 saturated heterocycles. The fraction of sp³-hybridized carbons (Fsp3) is 0.421. The first-order chi connectivity index (χ1) is 11.7. The number of carbonyl (C=O) groups is 1. The molecule has 0 saturated carbocycles. The summed E-state index contributed by atoms with van der Waals surface area (Å²) in [4.78, 5) is 11.8. The van der Waals surface area contributed by atoms with Crippen LogP contribution in [-0.2, 0) is 14.3 Å². The number of hydrogen-bond acceptors (Lipinski definition) is 5. The van der Waals surface area contributed by atoms with Gasteiger partial charge in [-0.3, -0.25) is 0 Å². The lowest BCUT2D eigenvalue weighted by Crippen LogP contribution is -2.25. The third kappa shape index (κ3) is 5.74. The largest absolute Gasteiger partial charge is 0.493 e. The zero-order valence-electron chi connectivity index (χ0n) is 14.0. The molecule has 1 unspecified atom stereocenters. The summed E-state index contributed by atoms with van der Waals surface area (Å²) in [6.45, 7) is 5.07. The molecule has 1 heterocycles. The second-order valence-corrected chi connectivity index (χ2v) is 5.46. The van der Waals surface area contributed by atoms with Crippen molar-refractivity contribution in [2.24, 2.45) is 0 Å². The Balaban J connectivity index is 1.87. The molecule has 24 heavy (non-hydrogen) atoms. The molecule has 130 valence electrons. The van der Waals surface area contributed by atoms with Crippen molar-refractivity contribution in [1.82, 2.24) is 0 Å². The van der Waals surface area contributed by atoms with Crippen LogP contribution in [0.4, 0.5) is 0 Å². The normalized spacial score (nSPS) is 17.5. The number of esters is 1. The van der Waals surface area contributed by atoms with Crippen LogP contribution in [0.5, 0.6) is 11.5 Å². The summed E-state index contributed by atoms with van der Waals surface area (Å²) in [5.41, 5.74) is 0.823. The van der Waals surface area contributed by atoms with Gasteiger partial charge in [0.1, 0.15) is 13.2 Å². The van der Waals surface area contributed by atoms with Gasteiger partial charge in [-0.25, -0.2) is 4.79 Å². The molecule has 0 bridgehead atoms. The number of carbonyl (C=O) groups excluding carboxylic acids is 1. The lowest BCUT2D eigenvalue weighted by molar-refractivity contribution is -0.143. The van der Waals surface area contributed by atoms with E-state index in [-0.39, 0.29) is 12.1 Å². The van der Waals surface area contributed by atoms with E-state index in [0.29, 0.717) is 24.7 Å². The summed E-state index contributed by atoms with van der Waals surface area (Å²) in [7, 11) is 1.57. The maximum Gasteiger partial charge on any atom is 0.330 e. The fourth-order valence-electron chi connectivity index (χ4n) is 2.38. The number of hydrogen-bond donors (Lipinski definition) is 0. The second kappa shape index (κ2) is 9.78. The number of methoxy groups -OCH3 is 1. The Labute approximate surface area is 142 Å². The Morgan fingerprint density at radius 2 is 2.25 bits per heavy atom. The maximum absolute atomic E-state index is 11.8. The van der Waals surface area contributed by atoms with Crippen LogP contribution in [0, 0.1) is 0 Å². The molecule has 5 heteroatoms. The van der Waals surface area contributed by atoms with Gasteiger partial charge in [-0.2, -0.15) is 0 Å². The lowest BCUT2D eigenvalue weighted by Gasteiger charge is -2.21. The van der Waals surface area contributed by atoms with Gasteiger partial charge < -0.3 is 18.9 Å². The average molecular weight is 332 g/mol. The van der Waals surface area contributed by atoms with Crippen molar-refractivity contribution in [3.63, 3.8) is 0 Å². The minimum absolute atomic E-state index is 0.0255. The molecule has 1 fully saturated rings. The van der Waals surface area contributed by atoms with Gasteiger partial charge in [-0.05, 0) is 43.0 Å². The first kappa shape index (κ1) is 18.1. The minimum Gasteiger partial charge on any atom is -0.493 e. The zero-order chi connectivity index (χ0) is 17.2. The molecule has 0 amide bonds. The van der Waals surface area contributed by atoms with E-state index in [1.165, 1.54) is 6.08 Å². The third-order valence-electron chi connectivity index (χ3n) is 3.64. The topological polar surface area (TPSA) is 54.0 Å². The zero-order valence-corrected chi connectivity index (χ0v) is 14.0. The van der Waals surface area contributed by atoms with Crippen molar-refractivity contribution in [2.45, 2.75) is 25.4 Å². The van der Waals surface area contributed by atoms with E-state index in [1.807, 2.05) is 6.07 Å². The first-order valence-electron chi connectivity index (χ1n) is 8.11. The van der Waals surface area contributed by atoms with Crippen molar-refractivity contribution in [3.8, 4) is 11.5 Å². The Bertz CT molecular complexity index is 573. The van der Waals surface area contributed by atoms with Crippen molar-refractivity contribution in [1.29, 1.82) is 0 Å². The van der Waals surface area contributed by atoms with Crippen molar-refractivity contribution >= 4 is 12.0 Å². The summed E-state index contributed by atoms with van der Waals surface area (Å²) in [5.74, 6) is 0.852. The van der Waals surface area contributed by atoms with E-state index in [1.54, 1.807) is 31.4 Å². The first-order valence-corrected chi connectivity index (χ1v) is 8.11. The molecular formula is C19H24O5. The van der Waals surface area contributed by atoms with E-state index in [9.17, 15) is 4.79 Å². The van der Waals surface area contributed by atoms with Gasteiger partial charge in [-0.1, -0.05) is 18.7 Å². The van der Waals surface area contributed by atoms with Gasteiger partial charge in [0.25, 0.3) is 0 Å². The van der Waals surface area contributed by atoms with Crippen LogP contribution < -0.4 is 9.47 Å². The van der Waals surface area contributed by atoms with Crippen LogP contribution in [0.15, 0.2) is 36.9 Å². The molecule has 0 radical (unpaired) electrons. The van der Waals surface area contributed by atoms with Crippen LogP contribution in [-0.4, -0.2) is 39.0 Å². The van der Waals surface area contributed by atoms with Crippen LogP contribution in [0.2, 0.25) is 0 Å². The Kier molecular flexibility index (Phi) is 7.36. The van der Waals surface area contributed by atoms with Crippen LogP contribution in [0.3, 0.4) is 0 Å². The van der Waals surface area contributed by atoms with Crippen LogP contribution in [0.25, 0.3) is 6.08 Å². The molecule has 2 rings (SSSR count). The second-order valence-electron chi connectivity index (χ2n) is 5.46. The Morgan fingerprint density at radius 3 is 2.96 bits per heavy atom. The molecule has 0 aliphatic carbocycles. The summed E-state index contributed by atoms with van der Waals surface area (Å²) < 4.78 is 21.5. The number of rotatable bonds is 8. The van der Waals surface area contributed by atoms with Crippen molar-refractivity contribution in [2.75, 3.05) is 26.9 Å². The van der Waals surface area contributed by atoms with Gasteiger partial charge in [0, 0.05) is 12.7 Å². The average Bonchev–Trinajstić information content (AvgIpc) is 2.64. The Hall–Kier alpha value is -2.27. The monoisotopic (exact) mass is 332 g/mol. The van der Waals surface area contributed by atoms with Gasteiger partial charge in [0.05, 0.1) is 13.2 Å². The molecule has 0 N–H and O–H groups in total. The molecular weight excluding hydrogens is 308 g/mol. The van der Waals surface area contributed by atoms with Crippen LogP contribution in [0.1, 0.15) is 24.8 Å². The predicted molar refractivity (Wildman–Crippen MR) is 92.3 cm³/mol. The standard InChI is InChI=1S/C19H24O5/c1-3-11-23-17-9-7-15(13-18(17)21-2)8-10-19(20)24-14-16-6-4-5-12-22-16/h3,7-10,13,16H,1,4-6,11-12,14H2,2H3. The van der Waals surface area contributed by atoms with Crippen molar-refractivity contribution < 1.29 is 23.7 Å². The molecule has 0 spiro atoms. The summed E-state index contributed by atoms with van der Waals surface area (Å²) in [6, 6.07) is 5.44. The highest BCUT2D eigenvalue weighted by atomic mass is 16.6. The van der Waals surface area contributed by atoms with Gasteiger partial charge in [0.2, 0.25) is 0 Å².